The molecule has 3 nitrogen and oxygen atoms in total. The summed E-state index contributed by atoms with van der Waals surface area (Å²) in [6.45, 7) is 0.101. The fourth-order valence-electron chi connectivity index (χ4n) is 1.90. The highest BCUT2D eigenvalue weighted by Crippen LogP contribution is 2.35. The molecule has 0 amide bonds. The van der Waals surface area contributed by atoms with Gasteiger partial charge in [-0.15, -0.1) is 0 Å². The Bertz CT molecular complexity index is 674. The maximum absolute atomic E-state index is 12.7. The molecule has 0 aromatic heterocycles. The number of phenolic OH excluding ortho intramolecular Hbond substituents is 1. The fraction of sp³-hybridized carbons (Fsp3) is 0.200. The zero-order valence-corrected chi connectivity index (χ0v) is 12.3. The minimum Gasteiger partial charge on any atom is -0.504 e. The van der Waals surface area contributed by atoms with E-state index < -0.39 is 11.7 Å². The molecular formula is C15H13ClF3NO2. The molecule has 0 atom stereocenters. The second-order valence-electron chi connectivity index (χ2n) is 4.51. The molecule has 118 valence electrons. The van der Waals surface area contributed by atoms with Gasteiger partial charge in [-0.2, -0.15) is 13.2 Å². The van der Waals surface area contributed by atoms with Crippen LogP contribution in [0.15, 0.2) is 36.4 Å². The van der Waals surface area contributed by atoms with Crippen LogP contribution >= 0.6 is 11.6 Å². The van der Waals surface area contributed by atoms with E-state index in [1.165, 1.54) is 13.2 Å². The van der Waals surface area contributed by atoms with Gasteiger partial charge in [0.2, 0.25) is 0 Å². The van der Waals surface area contributed by atoms with Crippen molar-refractivity contribution < 1.29 is 23.0 Å². The lowest BCUT2D eigenvalue weighted by Crippen LogP contribution is -2.07. The third-order valence-corrected chi connectivity index (χ3v) is 3.40. The number of alkyl halides is 3. The molecule has 0 aliphatic heterocycles. The topological polar surface area (TPSA) is 41.5 Å². The summed E-state index contributed by atoms with van der Waals surface area (Å²) in [5.74, 6) is 0.218. The first-order valence-electron chi connectivity index (χ1n) is 6.28. The van der Waals surface area contributed by atoms with Crippen LogP contribution in [0.5, 0.6) is 11.5 Å². The van der Waals surface area contributed by atoms with Crippen LogP contribution in [0.2, 0.25) is 5.02 Å². The Morgan fingerprint density at radius 3 is 2.59 bits per heavy atom. The molecule has 7 heteroatoms. The zero-order chi connectivity index (χ0) is 16.3. The minimum absolute atomic E-state index is 0.0689. The first-order chi connectivity index (χ1) is 10.3. The summed E-state index contributed by atoms with van der Waals surface area (Å²) in [6.07, 6.45) is -4.45. The lowest BCUT2D eigenvalue weighted by molar-refractivity contribution is -0.137. The van der Waals surface area contributed by atoms with Crippen molar-refractivity contribution in [2.45, 2.75) is 12.7 Å². The van der Waals surface area contributed by atoms with Crippen molar-refractivity contribution in [3.8, 4) is 11.5 Å². The Labute approximate surface area is 130 Å². The van der Waals surface area contributed by atoms with Gasteiger partial charge in [0, 0.05) is 12.1 Å². The quantitative estimate of drug-likeness (QED) is 0.854. The van der Waals surface area contributed by atoms with Crippen molar-refractivity contribution in [1.82, 2.24) is 0 Å². The van der Waals surface area contributed by atoms with Gasteiger partial charge in [-0.3, -0.25) is 0 Å². The maximum atomic E-state index is 12.7. The van der Waals surface area contributed by atoms with Gasteiger partial charge in [-0.05, 0) is 24.3 Å². The largest absolute Gasteiger partial charge is 0.504 e. The fourth-order valence-corrected chi connectivity index (χ4v) is 2.09. The Hall–Kier alpha value is -2.08. The van der Waals surface area contributed by atoms with E-state index in [4.69, 9.17) is 16.3 Å². The van der Waals surface area contributed by atoms with Crippen LogP contribution in [-0.4, -0.2) is 12.2 Å². The van der Waals surface area contributed by atoms with Gasteiger partial charge in [0.05, 0.1) is 23.4 Å². The number of aromatic hydroxyl groups is 1. The summed E-state index contributed by atoms with van der Waals surface area (Å²) in [5, 5.41) is 12.9. The SMILES string of the molecule is COc1cccc(CNc2cc(C(F)(F)F)ccc2Cl)c1O. The molecule has 0 spiro atoms. The van der Waals surface area contributed by atoms with Crippen molar-refractivity contribution in [2.24, 2.45) is 0 Å². The standard InChI is InChI=1S/C15H13ClF3NO2/c1-22-13-4-2-3-9(14(13)21)8-20-12-7-10(15(17,18)19)5-6-11(12)16/h2-7,20-21H,8H2,1H3. The zero-order valence-electron chi connectivity index (χ0n) is 11.5. The van der Waals surface area contributed by atoms with E-state index in [9.17, 15) is 18.3 Å². The number of halogens is 4. The summed E-state index contributed by atoms with van der Waals surface area (Å²) in [6, 6.07) is 7.90. The lowest BCUT2D eigenvalue weighted by atomic mass is 10.1. The van der Waals surface area contributed by atoms with Crippen LogP contribution in [0.4, 0.5) is 18.9 Å². The molecule has 0 saturated carbocycles. The second kappa shape index (κ2) is 6.36. The second-order valence-corrected chi connectivity index (χ2v) is 4.92. The predicted molar refractivity (Wildman–Crippen MR) is 78.4 cm³/mol. The van der Waals surface area contributed by atoms with Gasteiger partial charge in [-0.1, -0.05) is 23.7 Å². The highest BCUT2D eigenvalue weighted by molar-refractivity contribution is 6.33. The van der Waals surface area contributed by atoms with Gasteiger partial charge in [0.1, 0.15) is 0 Å². The number of ether oxygens (including phenoxy) is 1. The number of anilines is 1. The lowest BCUT2D eigenvalue weighted by Gasteiger charge is -2.14. The number of para-hydroxylation sites is 1. The van der Waals surface area contributed by atoms with E-state index in [-0.39, 0.29) is 28.8 Å². The van der Waals surface area contributed by atoms with Crippen molar-refractivity contribution >= 4 is 17.3 Å². The highest BCUT2D eigenvalue weighted by Gasteiger charge is 2.30. The van der Waals surface area contributed by atoms with Crippen LogP contribution in [0.3, 0.4) is 0 Å². The van der Waals surface area contributed by atoms with Gasteiger partial charge >= 0.3 is 6.18 Å². The minimum atomic E-state index is -4.45. The van der Waals surface area contributed by atoms with Crippen LogP contribution in [0.1, 0.15) is 11.1 Å². The Morgan fingerprint density at radius 2 is 1.95 bits per heavy atom. The molecule has 2 aromatic carbocycles. The first-order valence-corrected chi connectivity index (χ1v) is 6.66. The molecule has 22 heavy (non-hydrogen) atoms. The molecule has 0 aliphatic carbocycles. The number of rotatable bonds is 4. The molecule has 2 N–H and O–H groups in total. The molecule has 0 radical (unpaired) electrons. The number of hydrogen-bond acceptors (Lipinski definition) is 3. The molecule has 2 aromatic rings. The summed E-state index contributed by atoms with van der Waals surface area (Å²) in [7, 11) is 1.41. The van der Waals surface area contributed by atoms with Crippen LogP contribution in [0.25, 0.3) is 0 Å². The van der Waals surface area contributed by atoms with E-state index in [1.54, 1.807) is 18.2 Å². The number of benzene rings is 2. The van der Waals surface area contributed by atoms with Gasteiger partial charge in [0.25, 0.3) is 0 Å². The third kappa shape index (κ3) is 3.57. The van der Waals surface area contributed by atoms with E-state index in [1.807, 2.05) is 0 Å². The summed E-state index contributed by atoms with van der Waals surface area (Å²) in [4.78, 5) is 0. The number of nitrogens with one attached hydrogen (secondary N) is 1. The monoisotopic (exact) mass is 331 g/mol. The number of hydrogen-bond donors (Lipinski definition) is 2. The molecule has 0 heterocycles. The molecule has 0 unspecified atom stereocenters. The molecule has 0 aliphatic rings. The van der Waals surface area contributed by atoms with E-state index in [0.717, 1.165) is 12.1 Å². The average molecular weight is 332 g/mol. The summed E-state index contributed by atoms with van der Waals surface area (Å²) >= 11 is 5.89. The molecule has 0 fully saturated rings. The van der Waals surface area contributed by atoms with Crippen LogP contribution in [-0.2, 0) is 12.7 Å². The summed E-state index contributed by atoms with van der Waals surface area (Å²) in [5.41, 5.74) is -0.180. The van der Waals surface area contributed by atoms with Crippen LogP contribution < -0.4 is 10.1 Å². The highest BCUT2D eigenvalue weighted by atomic mass is 35.5. The average Bonchev–Trinajstić information content (AvgIpc) is 2.46. The molecule has 2 rings (SSSR count). The van der Waals surface area contributed by atoms with E-state index in [2.05, 4.69) is 5.32 Å². The van der Waals surface area contributed by atoms with Crippen LogP contribution in [0, 0.1) is 0 Å². The van der Waals surface area contributed by atoms with Crippen molar-refractivity contribution in [3.05, 3.63) is 52.5 Å². The Kier molecular flexibility index (Phi) is 4.71. The third-order valence-electron chi connectivity index (χ3n) is 3.07. The summed E-state index contributed by atoms with van der Waals surface area (Å²) < 4.78 is 43.1. The first kappa shape index (κ1) is 16.3. The Morgan fingerprint density at radius 1 is 1.23 bits per heavy atom. The van der Waals surface area contributed by atoms with Crippen molar-refractivity contribution in [2.75, 3.05) is 12.4 Å². The van der Waals surface area contributed by atoms with Gasteiger partial charge < -0.3 is 15.2 Å². The Balaban J connectivity index is 2.22. The molecular weight excluding hydrogens is 319 g/mol. The van der Waals surface area contributed by atoms with Gasteiger partial charge in [-0.25, -0.2) is 0 Å². The van der Waals surface area contributed by atoms with Crippen molar-refractivity contribution in [1.29, 1.82) is 0 Å². The molecule has 0 saturated heterocycles. The van der Waals surface area contributed by atoms with Crippen molar-refractivity contribution in [3.63, 3.8) is 0 Å². The van der Waals surface area contributed by atoms with Gasteiger partial charge in [0.15, 0.2) is 11.5 Å². The smallest absolute Gasteiger partial charge is 0.416 e. The predicted octanol–water partition coefficient (Wildman–Crippen LogP) is 4.69. The normalized spacial score (nSPS) is 11.3. The number of phenols is 1. The molecule has 0 bridgehead atoms. The van der Waals surface area contributed by atoms with E-state index >= 15 is 0 Å². The maximum Gasteiger partial charge on any atom is 0.416 e. The number of methoxy groups -OCH3 is 1. The van der Waals surface area contributed by atoms with E-state index in [0.29, 0.717) is 5.56 Å².